The summed E-state index contributed by atoms with van der Waals surface area (Å²) in [6.07, 6.45) is 0. The standard InChI is InChI=1S/C18H17FN4O2S/c1-23(2)15-8-6-14(7-9-15)20-16(24)11-26-18-22-21-17(25-18)12-4-3-5-13(19)10-12/h3-10H,11H2,1-2H3,(H,20,24). The van der Waals surface area contributed by atoms with Gasteiger partial charge in [-0.15, -0.1) is 10.2 Å². The van der Waals surface area contributed by atoms with Gasteiger partial charge in [0.25, 0.3) is 5.22 Å². The molecule has 3 aromatic rings. The van der Waals surface area contributed by atoms with Crippen LogP contribution in [-0.4, -0.2) is 36.0 Å². The Labute approximate surface area is 154 Å². The average Bonchev–Trinajstić information content (AvgIpc) is 3.09. The Hall–Kier alpha value is -2.87. The third-order valence-corrected chi connectivity index (χ3v) is 4.29. The lowest BCUT2D eigenvalue weighted by Gasteiger charge is -2.12. The summed E-state index contributed by atoms with van der Waals surface area (Å²) < 4.78 is 18.7. The Balaban J connectivity index is 1.55. The zero-order chi connectivity index (χ0) is 18.5. The van der Waals surface area contributed by atoms with Crippen LogP contribution in [0.2, 0.25) is 0 Å². The Morgan fingerprint density at radius 3 is 2.65 bits per heavy atom. The van der Waals surface area contributed by atoms with E-state index in [1.54, 1.807) is 12.1 Å². The monoisotopic (exact) mass is 372 g/mol. The largest absolute Gasteiger partial charge is 0.411 e. The van der Waals surface area contributed by atoms with Gasteiger partial charge < -0.3 is 14.6 Å². The van der Waals surface area contributed by atoms with Crippen LogP contribution in [0.3, 0.4) is 0 Å². The smallest absolute Gasteiger partial charge is 0.277 e. The van der Waals surface area contributed by atoms with Crippen LogP contribution in [0.5, 0.6) is 0 Å². The van der Waals surface area contributed by atoms with Crippen molar-refractivity contribution in [3.8, 4) is 11.5 Å². The second kappa shape index (κ2) is 8.01. The maximum Gasteiger partial charge on any atom is 0.277 e. The third kappa shape index (κ3) is 4.60. The number of aromatic nitrogens is 2. The van der Waals surface area contributed by atoms with E-state index in [1.807, 2.05) is 43.3 Å². The number of thioether (sulfide) groups is 1. The summed E-state index contributed by atoms with van der Waals surface area (Å²) in [4.78, 5) is 14.0. The van der Waals surface area contributed by atoms with E-state index in [4.69, 9.17) is 4.42 Å². The molecule has 3 rings (SSSR count). The van der Waals surface area contributed by atoms with Gasteiger partial charge in [-0.3, -0.25) is 4.79 Å². The predicted molar refractivity (Wildman–Crippen MR) is 99.8 cm³/mol. The van der Waals surface area contributed by atoms with Gasteiger partial charge in [0.2, 0.25) is 11.8 Å². The molecule has 1 heterocycles. The van der Waals surface area contributed by atoms with Crippen LogP contribution in [0.4, 0.5) is 15.8 Å². The molecule has 0 aliphatic rings. The molecule has 0 spiro atoms. The Kier molecular flexibility index (Phi) is 5.52. The van der Waals surface area contributed by atoms with Gasteiger partial charge in [0.05, 0.1) is 5.75 Å². The number of halogens is 1. The maximum atomic E-state index is 13.2. The summed E-state index contributed by atoms with van der Waals surface area (Å²) in [5.74, 6) is -0.223. The fourth-order valence-electron chi connectivity index (χ4n) is 2.17. The number of rotatable bonds is 6. The molecule has 0 aliphatic heterocycles. The summed E-state index contributed by atoms with van der Waals surface area (Å²) in [6.45, 7) is 0. The summed E-state index contributed by atoms with van der Waals surface area (Å²) in [7, 11) is 3.90. The molecule has 0 saturated carbocycles. The van der Waals surface area contributed by atoms with Crippen molar-refractivity contribution in [1.29, 1.82) is 0 Å². The zero-order valence-corrected chi connectivity index (χ0v) is 15.1. The molecule has 0 unspecified atom stereocenters. The highest BCUT2D eigenvalue weighted by Crippen LogP contribution is 2.24. The lowest BCUT2D eigenvalue weighted by molar-refractivity contribution is -0.113. The number of hydrogen-bond donors (Lipinski definition) is 1. The molecule has 1 N–H and O–H groups in total. The van der Waals surface area contributed by atoms with E-state index in [-0.39, 0.29) is 28.6 Å². The van der Waals surface area contributed by atoms with Crippen molar-refractivity contribution in [3.05, 3.63) is 54.3 Å². The van der Waals surface area contributed by atoms with E-state index in [0.29, 0.717) is 11.3 Å². The van der Waals surface area contributed by atoms with Crippen LogP contribution in [-0.2, 0) is 4.79 Å². The molecule has 6 nitrogen and oxygen atoms in total. The fourth-order valence-corrected chi connectivity index (χ4v) is 2.74. The molecule has 0 fully saturated rings. The topological polar surface area (TPSA) is 71.3 Å². The normalized spacial score (nSPS) is 10.6. The van der Waals surface area contributed by atoms with Crippen LogP contribution < -0.4 is 10.2 Å². The first-order valence-electron chi connectivity index (χ1n) is 7.81. The molecule has 26 heavy (non-hydrogen) atoms. The van der Waals surface area contributed by atoms with Gasteiger partial charge >= 0.3 is 0 Å². The van der Waals surface area contributed by atoms with E-state index in [2.05, 4.69) is 15.5 Å². The number of amides is 1. The molecule has 2 aromatic carbocycles. The molecule has 0 atom stereocenters. The number of benzene rings is 2. The van der Waals surface area contributed by atoms with Crippen molar-refractivity contribution in [2.24, 2.45) is 0 Å². The van der Waals surface area contributed by atoms with Gasteiger partial charge in [0.15, 0.2) is 0 Å². The van der Waals surface area contributed by atoms with E-state index in [9.17, 15) is 9.18 Å². The van der Waals surface area contributed by atoms with Crippen LogP contribution in [0.1, 0.15) is 0 Å². The van der Waals surface area contributed by atoms with Gasteiger partial charge in [0, 0.05) is 31.0 Å². The van der Waals surface area contributed by atoms with Gasteiger partial charge in [-0.2, -0.15) is 0 Å². The average molecular weight is 372 g/mol. The van der Waals surface area contributed by atoms with Gasteiger partial charge in [-0.25, -0.2) is 4.39 Å². The van der Waals surface area contributed by atoms with Crippen molar-refractivity contribution in [3.63, 3.8) is 0 Å². The predicted octanol–water partition coefficient (Wildman–Crippen LogP) is 3.67. The number of carbonyl (C=O) groups is 1. The summed E-state index contributed by atoms with van der Waals surface area (Å²) in [5.41, 5.74) is 2.26. The number of nitrogens with zero attached hydrogens (tertiary/aromatic N) is 3. The van der Waals surface area contributed by atoms with E-state index >= 15 is 0 Å². The van der Waals surface area contributed by atoms with E-state index in [1.165, 1.54) is 12.1 Å². The second-order valence-corrected chi connectivity index (χ2v) is 6.59. The Bertz CT molecular complexity index is 896. The number of nitrogens with one attached hydrogen (secondary N) is 1. The Morgan fingerprint density at radius 1 is 1.19 bits per heavy atom. The maximum absolute atomic E-state index is 13.2. The van der Waals surface area contributed by atoms with Crippen LogP contribution >= 0.6 is 11.8 Å². The van der Waals surface area contributed by atoms with E-state index < -0.39 is 0 Å². The number of anilines is 2. The highest BCUT2D eigenvalue weighted by molar-refractivity contribution is 7.99. The van der Waals surface area contributed by atoms with Crippen LogP contribution in [0.25, 0.3) is 11.5 Å². The van der Waals surface area contributed by atoms with Crippen molar-refractivity contribution in [2.45, 2.75) is 5.22 Å². The molecule has 1 aromatic heterocycles. The SMILES string of the molecule is CN(C)c1ccc(NC(=O)CSc2nnc(-c3cccc(F)c3)o2)cc1. The van der Waals surface area contributed by atoms with Crippen LogP contribution in [0, 0.1) is 5.82 Å². The lowest BCUT2D eigenvalue weighted by atomic mass is 10.2. The highest BCUT2D eigenvalue weighted by Gasteiger charge is 2.12. The van der Waals surface area contributed by atoms with Crippen molar-refractivity contribution in [2.75, 3.05) is 30.1 Å². The summed E-state index contributed by atoms with van der Waals surface area (Å²) in [5, 5.41) is 10.8. The minimum atomic E-state index is -0.380. The minimum absolute atomic E-state index is 0.125. The Morgan fingerprint density at radius 2 is 1.96 bits per heavy atom. The first-order chi connectivity index (χ1) is 12.5. The van der Waals surface area contributed by atoms with Crippen molar-refractivity contribution < 1.29 is 13.6 Å². The first-order valence-corrected chi connectivity index (χ1v) is 8.79. The first kappa shape index (κ1) is 17.9. The van der Waals surface area contributed by atoms with Gasteiger partial charge in [0.1, 0.15) is 5.82 Å². The van der Waals surface area contributed by atoms with Crippen molar-refractivity contribution in [1.82, 2.24) is 10.2 Å². The molecule has 0 saturated heterocycles. The fraction of sp³-hybridized carbons (Fsp3) is 0.167. The van der Waals surface area contributed by atoms with Crippen LogP contribution in [0.15, 0.2) is 58.2 Å². The van der Waals surface area contributed by atoms with Gasteiger partial charge in [-0.1, -0.05) is 17.8 Å². The highest BCUT2D eigenvalue weighted by atomic mass is 32.2. The summed E-state index contributed by atoms with van der Waals surface area (Å²) >= 11 is 1.12. The molecule has 1 amide bonds. The second-order valence-electron chi connectivity index (χ2n) is 5.66. The molecular formula is C18H17FN4O2S. The molecule has 0 radical (unpaired) electrons. The van der Waals surface area contributed by atoms with Crippen molar-refractivity contribution >= 4 is 29.0 Å². The van der Waals surface area contributed by atoms with E-state index in [0.717, 1.165) is 17.4 Å². The van der Waals surface area contributed by atoms with Gasteiger partial charge in [-0.05, 0) is 42.5 Å². The quantitative estimate of drug-likeness (QED) is 0.666. The molecule has 0 bridgehead atoms. The third-order valence-electron chi connectivity index (χ3n) is 3.47. The zero-order valence-electron chi connectivity index (χ0n) is 14.3. The minimum Gasteiger partial charge on any atom is -0.411 e. The summed E-state index contributed by atoms with van der Waals surface area (Å²) in [6, 6.07) is 13.4. The molecule has 0 aliphatic carbocycles. The molecule has 8 heteroatoms. The lowest BCUT2D eigenvalue weighted by Crippen LogP contribution is -2.14. The number of carbonyl (C=O) groups excluding carboxylic acids is 1. The number of hydrogen-bond acceptors (Lipinski definition) is 6. The molecule has 134 valence electrons. The molecular weight excluding hydrogens is 355 g/mol.